The number of aryl methyl sites for hydroxylation is 2. The van der Waals surface area contributed by atoms with Gasteiger partial charge in [-0.15, -0.1) is 0 Å². The molecular formula is C33H34N2O6S. The van der Waals surface area contributed by atoms with Crippen LogP contribution >= 0.6 is 0 Å². The second-order valence-corrected chi connectivity index (χ2v) is 12.3. The van der Waals surface area contributed by atoms with Gasteiger partial charge in [0.1, 0.15) is 17.3 Å². The number of nitrogens with one attached hydrogen (secondary N) is 2. The van der Waals surface area contributed by atoms with Crippen LogP contribution in [-0.2, 0) is 14.6 Å². The molecule has 8 nitrogen and oxygen atoms in total. The van der Waals surface area contributed by atoms with E-state index in [1.54, 1.807) is 55.5 Å². The average molecular weight is 587 g/mol. The largest absolute Gasteiger partial charge is 0.506 e. The van der Waals surface area contributed by atoms with Crippen molar-refractivity contribution < 1.29 is 27.9 Å². The molecule has 1 unspecified atom stereocenters. The van der Waals surface area contributed by atoms with Crippen LogP contribution in [0.15, 0.2) is 89.8 Å². The van der Waals surface area contributed by atoms with Gasteiger partial charge in [0.15, 0.2) is 15.6 Å². The molecular weight excluding hydrogens is 552 g/mol. The highest BCUT2D eigenvalue weighted by Gasteiger charge is 2.22. The number of aromatic hydroxyl groups is 1. The maximum Gasteiger partial charge on any atom is 0.255 e. The number of hydrogen-bond acceptors (Lipinski definition) is 6. The van der Waals surface area contributed by atoms with E-state index in [4.69, 9.17) is 4.74 Å². The fourth-order valence-electron chi connectivity index (χ4n) is 4.23. The van der Waals surface area contributed by atoms with Crippen molar-refractivity contribution in [1.29, 1.82) is 0 Å². The Morgan fingerprint density at radius 3 is 2.19 bits per heavy atom. The molecule has 0 saturated carbocycles. The lowest BCUT2D eigenvalue weighted by Crippen LogP contribution is -2.23. The summed E-state index contributed by atoms with van der Waals surface area (Å²) in [5.41, 5.74) is 3.36. The number of ether oxygens (including phenoxy) is 1. The van der Waals surface area contributed by atoms with Gasteiger partial charge in [-0.25, -0.2) is 8.42 Å². The van der Waals surface area contributed by atoms with Gasteiger partial charge in [-0.1, -0.05) is 55.8 Å². The summed E-state index contributed by atoms with van der Waals surface area (Å²) in [5, 5.41) is 16.0. The number of anilines is 2. The topological polar surface area (TPSA) is 122 Å². The molecule has 9 heteroatoms. The second kappa shape index (κ2) is 12.9. The van der Waals surface area contributed by atoms with Crippen LogP contribution in [0.25, 0.3) is 0 Å². The van der Waals surface area contributed by atoms with E-state index in [0.29, 0.717) is 17.2 Å². The zero-order chi connectivity index (χ0) is 30.4. The van der Waals surface area contributed by atoms with Crippen molar-refractivity contribution in [1.82, 2.24) is 0 Å². The zero-order valence-corrected chi connectivity index (χ0v) is 24.8. The minimum Gasteiger partial charge on any atom is -0.506 e. The van der Waals surface area contributed by atoms with Crippen LogP contribution in [0.5, 0.6) is 17.2 Å². The van der Waals surface area contributed by atoms with E-state index in [-0.39, 0.29) is 27.8 Å². The summed E-state index contributed by atoms with van der Waals surface area (Å²) in [7, 11) is -3.93. The predicted octanol–water partition coefficient (Wildman–Crippen LogP) is 6.98. The highest BCUT2D eigenvalue weighted by molar-refractivity contribution is 7.92. The van der Waals surface area contributed by atoms with Gasteiger partial charge in [-0.2, -0.15) is 0 Å². The molecule has 4 aromatic rings. The number of hydrogen-bond donors (Lipinski definition) is 3. The summed E-state index contributed by atoms with van der Waals surface area (Å²) in [4.78, 5) is 25.8. The smallest absolute Gasteiger partial charge is 0.255 e. The fraction of sp³-hybridized carbons (Fsp3) is 0.212. The Morgan fingerprint density at radius 1 is 0.857 bits per heavy atom. The first-order valence-electron chi connectivity index (χ1n) is 13.6. The van der Waals surface area contributed by atoms with Gasteiger partial charge in [-0.05, 0) is 73.7 Å². The van der Waals surface area contributed by atoms with E-state index in [2.05, 4.69) is 24.5 Å². The van der Waals surface area contributed by atoms with Crippen molar-refractivity contribution in [2.45, 2.75) is 44.9 Å². The molecule has 0 fully saturated rings. The van der Waals surface area contributed by atoms with Crippen molar-refractivity contribution in [3.63, 3.8) is 0 Å². The van der Waals surface area contributed by atoms with Gasteiger partial charge in [0, 0.05) is 17.7 Å². The summed E-state index contributed by atoms with van der Waals surface area (Å²) in [6.45, 7) is 7.90. The van der Waals surface area contributed by atoms with Gasteiger partial charge in [-0.3, -0.25) is 9.59 Å². The molecule has 1 atom stereocenters. The predicted molar refractivity (Wildman–Crippen MR) is 164 cm³/mol. The van der Waals surface area contributed by atoms with E-state index in [9.17, 15) is 23.1 Å². The normalized spacial score (nSPS) is 11.9. The maximum absolute atomic E-state index is 12.9. The number of carbonyl (C=O) groups is 2. The van der Waals surface area contributed by atoms with E-state index >= 15 is 0 Å². The maximum atomic E-state index is 12.9. The van der Waals surface area contributed by atoms with Crippen LogP contribution in [0.1, 0.15) is 53.2 Å². The lowest BCUT2D eigenvalue weighted by atomic mass is 9.99. The first kappa shape index (κ1) is 30.3. The van der Waals surface area contributed by atoms with Crippen molar-refractivity contribution in [2.75, 3.05) is 16.4 Å². The number of rotatable bonds is 10. The van der Waals surface area contributed by atoms with E-state index in [1.165, 1.54) is 24.3 Å². The third-order valence-electron chi connectivity index (χ3n) is 6.89. The molecule has 2 amide bonds. The van der Waals surface area contributed by atoms with Crippen LogP contribution in [0.4, 0.5) is 11.4 Å². The number of carbonyl (C=O) groups excluding carboxylic acids is 2. The Labute approximate surface area is 246 Å². The molecule has 0 aliphatic heterocycles. The Morgan fingerprint density at radius 2 is 1.55 bits per heavy atom. The number of phenolic OH excluding ortho intramolecular Hbond substituents is 1. The van der Waals surface area contributed by atoms with Gasteiger partial charge in [0.2, 0.25) is 5.91 Å². The zero-order valence-electron chi connectivity index (χ0n) is 24.0. The van der Waals surface area contributed by atoms with Crippen LogP contribution in [0.2, 0.25) is 0 Å². The quantitative estimate of drug-likeness (QED) is 0.172. The Hall–Kier alpha value is -4.63. The molecule has 4 rings (SSSR count). The molecule has 0 spiro atoms. The first-order chi connectivity index (χ1) is 19.9. The molecule has 0 aliphatic carbocycles. The van der Waals surface area contributed by atoms with E-state index in [1.807, 2.05) is 19.1 Å². The molecule has 4 aromatic carbocycles. The standard InChI is InChI=1S/C33H34N2O6S/c1-5-23(4)24-13-15-26(16-14-24)41-31-19-28(35-33(38)25-11-9-21(2)10-12-25)30(36)18-29(31)34-32(37)20-42(39,40)27-8-6-7-22(3)17-27/h6-19,23,36H,5,20H2,1-4H3,(H,34,37)(H,35,38). The molecule has 0 radical (unpaired) electrons. The third-order valence-corrected chi connectivity index (χ3v) is 8.51. The summed E-state index contributed by atoms with van der Waals surface area (Å²) < 4.78 is 31.8. The highest BCUT2D eigenvalue weighted by Crippen LogP contribution is 2.39. The second-order valence-electron chi connectivity index (χ2n) is 10.3. The minimum atomic E-state index is -3.93. The molecule has 0 saturated heterocycles. The first-order valence-corrected chi connectivity index (χ1v) is 15.2. The van der Waals surface area contributed by atoms with E-state index in [0.717, 1.165) is 23.1 Å². The Bertz CT molecular complexity index is 1700. The number of sulfone groups is 1. The summed E-state index contributed by atoms with van der Waals surface area (Å²) >= 11 is 0. The molecule has 0 bridgehead atoms. The molecule has 218 valence electrons. The van der Waals surface area contributed by atoms with Crippen LogP contribution < -0.4 is 15.4 Å². The number of benzene rings is 4. The van der Waals surface area contributed by atoms with Gasteiger partial charge >= 0.3 is 0 Å². The lowest BCUT2D eigenvalue weighted by Gasteiger charge is -2.17. The van der Waals surface area contributed by atoms with Crippen molar-refractivity contribution >= 4 is 33.0 Å². The van der Waals surface area contributed by atoms with Gasteiger partial charge in [0.25, 0.3) is 5.91 Å². The highest BCUT2D eigenvalue weighted by atomic mass is 32.2. The van der Waals surface area contributed by atoms with Crippen molar-refractivity contribution in [2.24, 2.45) is 0 Å². The molecule has 42 heavy (non-hydrogen) atoms. The van der Waals surface area contributed by atoms with Gasteiger partial charge in [0.05, 0.1) is 16.3 Å². The van der Waals surface area contributed by atoms with Crippen LogP contribution in [0, 0.1) is 13.8 Å². The molecule has 0 heterocycles. The van der Waals surface area contributed by atoms with Crippen LogP contribution in [-0.4, -0.2) is 31.1 Å². The van der Waals surface area contributed by atoms with Gasteiger partial charge < -0.3 is 20.5 Å². The van der Waals surface area contributed by atoms with Crippen molar-refractivity contribution in [3.05, 3.63) is 107 Å². The number of phenols is 1. The molecule has 0 aliphatic rings. The number of amides is 2. The fourth-order valence-corrected chi connectivity index (χ4v) is 5.46. The average Bonchev–Trinajstić information content (AvgIpc) is 2.95. The minimum absolute atomic E-state index is 0.0348. The SMILES string of the molecule is CCC(C)c1ccc(Oc2cc(NC(=O)c3ccc(C)cc3)c(O)cc2NC(=O)CS(=O)(=O)c2cccc(C)c2)cc1. The van der Waals surface area contributed by atoms with E-state index < -0.39 is 27.4 Å². The lowest BCUT2D eigenvalue weighted by molar-refractivity contribution is -0.113. The Kier molecular flexibility index (Phi) is 9.32. The summed E-state index contributed by atoms with van der Waals surface area (Å²) in [6.07, 6.45) is 0.976. The molecule has 3 N–H and O–H groups in total. The summed E-state index contributed by atoms with van der Waals surface area (Å²) in [5.74, 6) is -1.50. The third kappa shape index (κ3) is 7.55. The van der Waals surface area contributed by atoms with Crippen molar-refractivity contribution in [3.8, 4) is 17.2 Å². The molecule has 0 aromatic heterocycles. The Balaban J connectivity index is 1.63. The monoisotopic (exact) mass is 586 g/mol. The summed E-state index contributed by atoms with van der Waals surface area (Å²) in [6, 6.07) is 23.3. The van der Waals surface area contributed by atoms with Crippen LogP contribution in [0.3, 0.4) is 0 Å².